The summed E-state index contributed by atoms with van der Waals surface area (Å²) in [5, 5.41) is 9.42. The Morgan fingerprint density at radius 2 is 1.96 bits per heavy atom. The highest BCUT2D eigenvalue weighted by molar-refractivity contribution is 5.66. The van der Waals surface area contributed by atoms with Crippen LogP contribution in [-0.4, -0.2) is 27.6 Å². The molecule has 24 heavy (non-hydrogen) atoms. The Kier molecular flexibility index (Phi) is 3.70. The van der Waals surface area contributed by atoms with Crippen LogP contribution in [0.25, 0.3) is 0 Å². The standard InChI is InChI=1S/C20H18N2O2/c23-20(24)22-11-10-16-8-9-17-12-15(13-21-18(17)19(16)22)7-6-14-4-2-1-3-5-14/h1-5,12-13,16,19H,8-11H2,(H,23,24). The zero-order valence-electron chi connectivity index (χ0n) is 13.3. The molecule has 0 bridgehead atoms. The predicted molar refractivity (Wildman–Crippen MR) is 90.6 cm³/mol. The van der Waals surface area contributed by atoms with Crippen LogP contribution < -0.4 is 0 Å². The molecule has 1 aliphatic heterocycles. The number of nitrogens with zero attached hydrogens (tertiary/aromatic N) is 2. The minimum atomic E-state index is -0.843. The van der Waals surface area contributed by atoms with Crippen LogP contribution in [0.3, 0.4) is 0 Å². The molecule has 0 saturated carbocycles. The lowest BCUT2D eigenvalue weighted by atomic mass is 9.83. The smallest absolute Gasteiger partial charge is 0.407 e. The molecular weight excluding hydrogens is 300 g/mol. The molecule has 0 spiro atoms. The first kappa shape index (κ1) is 14.8. The van der Waals surface area contributed by atoms with Crippen LogP contribution >= 0.6 is 0 Å². The first-order chi connectivity index (χ1) is 11.7. The van der Waals surface area contributed by atoms with Crippen LogP contribution in [0.15, 0.2) is 42.6 Å². The quantitative estimate of drug-likeness (QED) is 0.757. The third-order valence-electron chi connectivity index (χ3n) is 4.96. The Morgan fingerprint density at radius 3 is 2.75 bits per heavy atom. The monoisotopic (exact) mass is 318 g/mol. The Morgan fingerprint density at radius 1 is 1.17 bits per heavy atom. The Hall–Kier alpha value is -2.80. The van der Waals surface area contributed by atoms with E-state index in [0.29, 0.717) is 12.5 Å². The van der Waals surface area contributed by atoms with Gasteiger partial charge in [-0.3, -0.25) is 9.88 Å². The fraction of sp³-hybridized carbons (Fsp3) is 0.300. The normalized spacial score (nSPS) is 21.4. The number of amides is 1. The van der Waals surface area contributed by atoms with Crippen molar-refractivity contribution in [1.82, 2.24) is 9.88 Å². The summed E-state index contributed by atoms with van der Waals surface area (Å²) in [4.78, 5) is 17.6. The van der Waals surface area contributed by atoms with Crippen LogP contribution in [0, 0.1) is 17.8 Å². The average molecular weight is 318 g/mol. The number of hydrogen-bond donors (Lipinski definition) is 1. The van der Waals surface area contributed by atoms with Gasteiger partial charge < -0.3 is 5.11 Å². The third kappa shape index (κ3) is 2.63. The summed E-state index contributed by atoms with van der Waals surface area (Å²) in [6, 6.07) is 11.9. The van der Waals surface area contributed by atoms with E-state index in [0.717, 1.165) is 41.6 Å². The van der Waals surface area contributed by atoms with Gasteiger partial charge in [-0.15, -0.1) is 0 Å². The minimum Gasteiger partial charge on any atom is -0.465 e. The van der Waals surface area contributed by atoms with Gasteiger partial charge in [-0.1, -0.05) is 30.0 Å². The Balaban J connectivity index is 1.65. The highest BCUT2D eigenvalue weighted by Crippen LogP contribution is 2.43. The number of fused-ring (bicyclic) bond motifs is 3. The van der Waals surface area contributed by atoms with E-state index in [1.54, 1.807) is 11.1 Å². The molecule has 120 valence electrons. The lowest BCUT2D eigenvalue weighted by Crippen LogP contribution is -2.33. The van der Waals surface area contributed by atoms with E-state index in [9.17, 15) is 9.90 Å². The summed E-state index contributed by atoms with van der Waals surface area (Å²) >= 11 is 0. The van der Waals surface area contributed by atoms with E-state index in [-0.39, 0.29) is 6.04 Å². The van der Waals surface area contributed by atoms with Gasteiger partial charge in [0.05, 0.1) is 11.7 Å². The molecule has 2 atom stereocenters. The highest BCUT2D eigenvalue weighted by atomic mass is 16.4. The van der Waals surface area contributed by atoms with Crippen molar-refractivity contribution in [2.75, 3.05) is 6.54 Å². The van der Waals surface area contributed by atoms with Gasteiger partial charge in [0.25, 0.3) is 0 Å². The first-order valence-corrected chi connectivity index (χ1v) is 8.28. The van der Waals surface area contributed by atoms with Crippen molar-refractivity contribution < 1.29 is 9.90 Å². The highest BCUT2D eigenvalue weighted by Gasteiger charge is 2.42. The molecule has 1 aromatic heterocycles. The van der Waals surface area contributed by atoms with Crippen LogP contribution in [0.1, 0.15) is 41.3 Å². The van der Waals surface area contributed by atoms with Gasteiger partial charge in [0.2, 0.25) is 0 Å². The van der Waals surface area contributed by atoms with Gasteiger partial charge in [0.15, 0.2) is 0 Å². The van der Waals surface area contributed by atoms with Gasteiger partial charge in [0, 0.05) is 23.9 Å². The first-order valence-electron chi connectivity index (χ1n) is 8.28. The molecule has 4 rings (SSSR count). The molecule has 2 heterocycles. The predicted octanol–water partition coefficient (Wildman–Crippen LogP) is 3.47. The van der Waals surface area contributed by atoms with Crippen molar-refractivity contribution in [2.24, 2.45) is 5.92 Å². The van der Waals surface area contributed by atoms with Gasteiger partial charge in [-0.05, 0) is 48.9 Å². The summed E-state index contributed by atoms with van der Waals surface area (Å²) in [6.45, 7) is 0.612. The number of aryl methyl sites for hydroxylation is 1. The SMILES string of the molecule is O=C(O)N1CCC2CCc3cc(C#Cc4ccccc4)cnc3C21. The van der Waals surface area contributed by atoms with Gasteiger partial charge in [-0.25, -0.2) is 4.79 Å². The van der Waals surface area contributed by atoms with Crippen molar-refractivity contribution in [3.8, 4) is 11.8 Å². The Labute approximate surface area is 141 Å². The average Bonchev–Trinajstić information content (AvgIpc) is 3.05. The number of pyridine rings is 1. The van der Waals surface area contributed by atoms with E-state index < -0.39 is 6.09 Å². The Bertz CT molecular complexity index is 836. The molecule has 1 saturated heterocycles. The molecule has 1 aromatic carbocycles. The van der Waals surface area contributed by atoms with E-state index in [4.69, 9.17) is 0 Å². The maximum absolute atomic E-state index is 11.5. The maximum Gasteiger partial charge on any atom is 0.407 e. The fourth-order valence-corrected chi connectivity index (χ4v) is 3.81. The minimum absolute atomic E-state index is 0.0811. The zero-order valence-corrected chi connectivity index (χ0v) is 13.3. The largest absolute Gasteiger partial charge is 0.465 e. The number of carbonyl (C=O) groups is 1. The summed E-state index contributed by atoms with van der Waals surface area (Å²) in [5.74, 6) is 6.71. The molecule has 1 aliphatic carbocycles. The molecule has 1 N–H and O–H groups in total. The molecule has 4 nitrogen and oxygen atoms in total. The van der Waals surface area contributed by atoms with E-state index in [2.05, 4.69) is 22.9 Å². The van der Waals surface area contributed by atoms with E-state index in [1.807, 2.05) is 30.3 Å². The second kappa shape index (κ2) is 6.01. The second-order valence-electron chi connectivity index (χ2n) is 6.39. The number of rotatable bonds is 0. The molecule has 4 heteroatoms. The van der Waals surface area contributed by atoms with Crippen LogP contribution in [-0.2, 0) is 6.42 Å². The van der Waals surface area contributed by atoms with Crippen molar-refractivity contribution in [2.45, 2.75) is 25.3 Å². The zero-order chi connectivity index (χ0) is 16.5. The lowest BCUT2D eigenvalue weighted by Gasteiger charge is -2.31. The van der Waals surface area contributed by atoms with Gasteiger partial charge >= 0.3 is 6.09 Å². The topological polar surface area (TPSA) is 53.4 Å². The van der Waals surface area contributed by atoms with Gasteiger partial charge in [0.1, 0.15) is 0 Å². The number of likely N-dealkylation sites (tertiary alicyclic amines) is 1. The molecule has 2 aliphatic rings. The van der Waals surface area contributed by atoms with E-state index in [1.165, 1.54) is 0 Å². The molecule has 0 radical (unpaired) electrons. The maximum atomic E-state index is 11.5. The van der Waals surface area contributed by atoms with Crippen LogP contribution in [0.4, 0.5) is 4.79 Å². The molecule has 1 amide bonds. The lowest BCUT2D eigenvalue weighted by molar-refractivity contribution is 0.130. The van der Waals surface area contributed by atoms with E-state index >= 15 is 0 Å². The van der Waals surface area contributed by atoms with Crippen molar-refractivity contribution in [3.05, 3.63) is 65.0 Å². The second-order valence-corrected chi connectivity index (χ2v) is 6.39. The van der Waals surface area contributed by atoms with Crippen LogP contribution in [0.2, 0.25) is 0 Å². The van der Waals surface area contributed by atoms with Crippen molar-refractivity contribution in [1.29, 1.82) is 0 Å². The fourth-order valence-electron chi connectivity index (χ4n) is 3.81. The summed E-state index contributed by atoms with van der Waals surface area (Å²) in [5.41, 5.74) is 3.93. The molecule has 2 aromatic rings. The summed E-state index contributed by atoms with van der Waals surface area (Å²) in [7, 11) is 0. The summed E-state index contributed by atoms with van der Waals surface area (Å²) in [6.07, 6.45) is 3.85. The molecule has 1 fully saturated rings. The number of aromatic nitrogens is 1. The number of carboxylic acid groups (broad SMARTS) is 1. The van der Waals surface area contributed by atoms with Crippen molar-refractivity contribution >= 4 is 6.09 Å². The number of benzene rings is 1. The number of hydrogen-bond acceptors (Lipinski definition) is 2. The molecule has 2 unspecified atom stereocenters. The summed E-state index contributed by atoms with van der Waals surface area (Å²) < 4.78 is 0. The van der Waals surface area contributed by atoms with Crippen molar-refractivity contribution in [3.63, 3.8) is 0 Å². The van der Waals surface area contributed by atoms with Gasteiger partial charge in [-0.2, -0.15) is 0 Å². The third-order valence-corrected chi connectivity index (χ3v) is 4.96. The molecular formula is C20H18N2O2. The van der Waals surface area contributed by atoms with Crippen LogP contribution in [0.5, 0.6) is 0 Å².